The number of aromatic nitrogens is 4. The molecule has 26 heavy (non-hydrogen) atoms. The van der Waals surface area contributed by atoms with Crippen LogP contribution in [-0.4, -0.2) is 50.5 Å². The molecule has 1 amide bonds. The van der Waals surface area contributed by atoms with E-state index in [4.69, 9.17) is 0 Å². The van der Waals surface area contributed by atoms with Gasteiger partial charge < -0.3 is 5.32 Å². The number of hydrogen-bond acceptors (Lipinski definition) is 5. The Morgan fingerprint density at radius 1 is 1.23 bits per heavy atom. The zero-order valence-corrected chi connectivity index (χ0v) is 14.8. The van der Waals surface area contributed by atoms with Crippen LogP contribution in [-0.2, 0) is 6.54 Å². The fourth-order valence-electron chi connectivity index (χ4n) is 3.65. The third-order valence-electron chi connectivity index (χ3n) is 5.04. The minimum atomic E-state index is -0.157. The Hall–Kier alpha value is -2.80. The number of pyridine rings is 1. The van der Waals surface area contributed by atoms with E-state index >= 15 is 0 Å². The number of amides is 1. The van der Waals surface area contributed by atoms with E-state index in [0.717, 1.165) is 38.2 Å². The Bertz CT molecular complexity index is 899. The third-order valence-corrected chi connectivity index (χ3v) is 5.04. The molecule has 0 saturated carbocycles. The van der Waals surface area contributed by atoms with E-state index < -0.39 is 0 Å². The first-order chi connectivity index (χ1) is 12.8. The van der Waals surface area contributed by atoms with Crippen molar-refractivity contribution in [2.75, 3.05) is 20.1 Å². The number of piperidine rings is 1. The van der Waals surface area contributed by atoms with E-state index in [2.05, 4.69) is 31.3 Å². The van der Waals surface area contributed by atoms with Crippen LogP contribution >= 0.6 is 0 Å². The van der Waals surface area contributed by atoms with Crippen molar-refractivity contribution < 1.29 is 4.79 Å². The molecule has 0 bridgehead atoms. The maximum Gasteiger partial charge on any atom is 0.256 e. The van der Waals surface area contributed by atoms with Crippen LogP contribution in [0.2, 0.25) is 0 Å². The second kappa shape index (κ2) is 7.21. The summed E-state index contributed by atoms with van der Waals surface area (Å²) in [6.45, 7) is 3.01. The summed E-state index contributed by atoms with van der Waals surface area (Å²) in [6.07, 6.45) is 9.25. The van der Waals surface area contributed by atoms with Crippen molar-refractivity contribution in [3.05, 3.63) is 59.8 Å². The maximum atomic E-state index is 12.0. The molecule has 7 nitrogen and oxygen atoms in total. The van der Waals surface area contributed by atoms with E-state index in [9.17, 15) is 4.79 Å². The molecule has 0 unspecified atom stereocenters. The van der Waals surface area contributed by atoms with Crippen LogP contribution in [0.4, 0.5) is 0 Å². The first kappa shape index (κ1) is 16.7. The van der Waals surface area contributed by atoms with Gasteiger partial charge in [0.15, 0.2) is 5.65 Å². The summed E-state index contributed by atoms with van der Waals surface area (Å²) >= 11 is 0. The van der Waals surface area contributed by atoms with Gasteiger partial charge in [0.1, 0.15) is 5.56 Å². The predicted molar refractivity (Wildman–Crippen MR) is 97.9 cm³/mol. The van der Waals surface area contributed by atoms with Crippen molar-refractivity contribution in [3.8, 4) is 0 Å². The van der Waals surface area contributed by atoms with Crippen molar-refractivity contribution in [3.63, 3.8) is 0 Å². The van der Waals surface area contributed by atoms with Crippen molar-refractivity contribution in [2.24, 2.45) is 0 Å². The van der Waals surface area contributed by atoms with Gasteiger partial charge in [0.25, 0.3) is 5.91 Å². The lowest BCUT2D eigenvalue weighted by molar-refractivity contribution is 0.0964. The number of likely N-dealkylation sites (tertiary alicyclic amines) is 1. The minimum Gasteiger partial charge on any atom is -0.355 e. The zero-order valence-electron chi connectivity index (χ0n) is 14.8. The molecule has 1 saturated heterocycles. The van der Waals surface area contributed by atoms with Crippen molar-refractivity contribution in [2.45, 2.75) is 25.3 Å². The Kier molecular flexibility index (Phi) is 4.62. The highest BCUT2D eigenvalue weighted by Crippen LogP contribution is 2.29. The fourth-order valence-corrected chi connectivity index (χ4v) is 3.65. The molecule has 7 heteroatoms. The van der Waals surface area contributed by atoms with E-state index in [1.54, 1.807) is 19.4 Å². The molecule has 0 aromatic carbocycles. The lowest BCUT2D eigenvalue weighted by Crippen LogP contribution is -2.33. The number of rotatable bonds is 4. The molecule has 3 aromatic rings. The van der Waals surface area contributed by atoms with Gasteiger partial charge in [-0.15, -0.1) is 0 Å². The highest BCUT2D eigenvalue weighted by molar-refractivity contribution is 5.99. The molecule has 1 aliphatic rings. The molecule has 4 rings (SSSR count). The summed E-state index contributed by atoms with van der Waals surface area (Å²) in [5, 5.41) is 7.06. The molecule has 1 N–H and O–H groups in total. The van der Waals surface area contributed by atoms with Crippen LogP contribution in [0.15, 0.2) is 43.0 Å². The average molecular weight is 350 g/mol. The van der Waals surface area contributed by atoms with Gasteiger partial charge in [0.2, 0.25) is 0 Å². The van der Waals surface area contributed by atoms with Crippen LogP contribution in [0.1, 0.15) is 40.4 Å². The van der Waals surface area contributed by atoms with E-state index in [1.165, 1.54) is 5.56 Å². The van der Waals surface area contributed by atoms with Crippen LogP contribution in [0.3, 0.4) is 0 Å². The van der Waals surface area contributed by atoms with Gasteiger partial charge in [-0.2, -0.15) is 5.10 Å². The summed E-state index contributed by atoms with van der Waals surface area (Å²) in [4.78, 5) is 23.0. The maximum absolute atomic E-state index is 12.0. The molecule has 1 aliphatic heterocycles. The molecule has 134 valence electrons. The van der Waals surface area contributed by atoms with Gasteiger partial charge in [-0.05, 0) is 43.6 Å². The Morgan fingerprint density at radius 3 is 2.81 bits per heavy atom. The van der Waals surface area contributed by atoms with E-state index in [1.807, 2.05) is 29.0 Å². The quantitative estimate of drug-likeness (QED) is 0.777. The molecule has 0 spiro atoms. The predicted octanol–water partition coefficient (Wildman–Crippen LogP) is 1.86. The molecule has 1 fully saturated rings. The van der Waals surface area contributed by atoms with E-state index in [0.29, 0.717) is 17.1 Å². The van der Waals surface area contributed by atoms with Gasteiger partial charge >= 0.3 is 0 Å². The first-order valence-corrected chi connectivity index (χ1v) is 8.92. The van der Waals surface area contributed by atoms with Gasteiger partial charge in [-0.1, -0.05) is 6.07 Å². The van der Waals surface area contributed by atoms with Crippen molar-refractivity contribution >= 4 is 11.6 Å². The van der Waals surface area contributed by atoms with Crippen molar-refractivity contribution in [1.82, 2.24) is 29.8 Å². The smallest absolute Gasteiger partial charge is 0.256 e. The largest absolute Gasteiger partial charge is 0.355 e. The van der Waals surface area contributed by atoms with Gasteiger partial charge in [-0.25, -0.2) is 9.50 Å². The summed E-state index contributed by atoms with van der Waals surface area (Å²) < 4.78 is 1.83. The Labute approximate surface area is 152 Å². The molecule has 0 aliphatic carbocycles. The number of carbonyl (C=O) groups excluding carboxylic acids is 1. The Morgan fingerprint density at radius 2 is 2.08 bits per heavy atom. The fraction of sp³-hybridized carbons (Fsp3) is 0.368. The third kappa shape index (κ3) is 3.17. The number of nitrogens with one attached hydrogen (secondary N) is 1. The summed E-state index contributed by atoms with van der Waals surface area (Å²) in [5.41, 5.74) is 3.52. The molecule has 3 aromatic heterocycles. The SMILES string of the molecule is CNC(=O)c1cnn2c(C3CCN(Cc4cccnc4)CC3)ccnc12. The average Bonchev–Trinajstić information content (AvgIpc) is 3.13. The number of nitrogens with zero attached hydrogens (tertiary/aromatic N) is 5. The second-order valence-corrected chi connectivity index (χ2v) is 6.65. The number of carbonyl (C=O) groups is 1. The van der Waals surface area contributed by atoms with Gasteiger partial charge in [0, 0.05) is 43.8 Å². The van der Waals surface area contributed by atoms with Crippen LogP contribution in [0.25, 0.3) is 5.65 Å². The molecule has 4 heterocycles. The van der Waals surface area contributed by atoms with Gasteiger partial charge in [0.05, 0.1) is 6.20 Å². The molecular weight excluding hydrogens is 328 g/mol. The van der Waals surface area contributed by atoms with E-state index in [-0.39, 0.29) is 5.91 Å². The summed E-state index contributed by atoms with van der Waals surface area (Å²) in [5.74, 6) is 0.263. The van der Waals surface area contributed by atoms with Crippen LogP contribution in [0, 0.1) is 0 Å². The number of fused-ring (bicyclic) bond motifs is 1. The second-order valence-electron chi connectivity index (χ2n) is 6.65. The lowest BCUT2D eigenvalue weighted by Gasteiger charge is -2.32. The Balaban J connectivity index is 1.49. The standard InChI is InChI=1S/C19H22N6O/c1-20-19(26)16-12-23-25-17(4-8-22-18(16)25)15-5-9-24(10-6-15)13-14-3-2-7-21-11-14/h2-4,7-8,11-12,15H,5-6,9-10,13H2,1H3,(H,20,26). The zero-order chi connectivity index (χ0) is 17.9. The normalized spacial score (nSPS) is 16.0. The first-order valence-electron chi connectivity index (χ1n) is 8.92. The molecular formula is C19H22N6O. The van der Waals surface area contributed by atoms with Crippen LogP contribution in [0.5, 0.6) is 0 Å². The van der Waals surface area contributed by atoms with Crippen molar-refractivity contribution in [1.29, 1.82) is 0 Å². The molecule has 0 atom stereocenters. The van der Waals surface area contributed by atoms with Crippen LogP contribution < -0.4 is 5.32 Å². The van der Waals surface area contributed by atoms with Gasteiger partial charge in [-0.3, -0.25) is 14.7 Å². The summed E-state index contributed by atoms with van der Waals surface area (Å²) in [6, 6.07) is 6.13. The lowest BCUT2D eigenvalue weighted by atomic mass is 9.93. The topological polar surface area (TPSA) is 75.4 Å². The summed E-state index contributed by atoms with van der Waals surface area (Å²) in [7, 11) is 1.62. The molecule has 0 radical (unpaired) electrons. The monoisotopic (exact) mass is 350 g/mol. The minimum absolute atomic E-state index is 0.157. The highest BCUT2D eigenvalue weighted by atomic mass is 16.1. The highest BCUT2D eigenvalue weighted by Gasteiger charge is 2.24. The number of hydrogen-bond donors (Lipinski definition) is 1.